The van der Waals surface area contributed by atoms with Crippen LogP contribution >= 0.6 is 0 Å². The molecule has 0 bridgehead atoms. The minimum absolute atomic E-state index is 0.0343. The molecule has 33 heavy (non-hydrogen) atoms. The van der Waals surface area contributed by atoms with Crippen LogP contribution in [0.3, 0.4) is 0 Å². The molecule has 0 aliphatic carbocycles. The molecule has 4 rings (SSSR count). The molecule has 2 N–H and O–H groups in total. The topological polar surface area (TPSA) is 119 Å². The number of benzene rings is 1. The van der Waals surface area contributed by atoms with Crippen LogP contribution in [0.1, 0.15) is 54.0 Å². The van der Waals surface area contributed by atoms with Gasteiger partial charge in [-0.25, -0.2) is 4.79 Å². The van der Waals surface area contributed by atoms with Crippen LogP contribution in [-0.4, -0.2) is 82.1 Å². The number of amides is 6. The molecule has 10 heteroatoms. The number of imide groups is 1. The van der Waals surface area contributed by atoms with Crippen LogP contribution in [0.15, 0.2) is 18.2 Å². The Morgan fingerprint density at radius 1 is 1.09 bits per heavy atom. The van der Waals surface area contributed by atoms with Gasteiger partial charge in [-0.1, -0.05) is 19.1 Å². The first-order valence-corrected chi connectivity index (χ1v) is 11.1. The molecule has 176 valence electrons. The quantitative estimate of drug-likeness (QED) is 0.646. The van der Waals surface area contributed by atoms with Crippen molar-refractivity contribution in [2.24, 2.45) is 5.92 Å². The van der Waals surface area contributed by atoms with E-state index in [1.807, 2.05) is 19.9 Å². The Balaban J connectivity index is 1.50. The monoisotopic (exact) mass is 455 g/mol. The predicted octanol–water partition coefficient (Wildman–Crippen LogP) is 0.569. The van der Waals surface area contributed by atoms with Gasteiger partial charge in [0, 0.05) is 32.2 Å². The maximum absolute atomic E-state index is 13.4. The van der Waals surface area contributed by atoms with Gasteiger partial charge in [0.25, 0.3) is 17.7 Å². The van der Waals surface area contributed by atoms with Gasteiger partial charge in [0.15, 0.2) is 0 Å². The standard InChI is InChI=1S/C23H29N5O5/c1-13-9-26(20(31)16-7-5-6-15-8-24-19(30)18(15)16)11-14(2)27(10-13)17(29)12-28-21(32)23(3,4)25-22(28)33/h5-7,13-14H,8-12H2,1-4H3,(H,24,30)(H,25,33). The van der Waals surface area contributed by atoms with Crippen molar-refractivity contribution in [3.05, 3.63) is 34.9 Å². The molecule has 1 aromatic carbocycles. The molecule has 3 aliphatic heterocycles. The summed E-state index contributed by atoms with van der Waals surface area (Å²) in [5, 5.41) is 5.33. The van der Waals surface area contributed by atoms with Crippen molar-refractivity contribution in [2.75, 3.05) is 26.2 Å². The molecule has 2 fully saturated rings. The van der Waals surface area contributed by atoms with Gasteiger partial charge in [-0.15, -0.1) is 0 Å². The van der Waals surface area contributed by atoms with Crippen LogP contribution in [0, 0.1) is 5.92 Å². The lowest BCUT2D eigenvalue weighted by Crippen LogP contribution is -2.49. The average molecular weight is 456 g/mol. The zero-order valence-electron chi connectivity index (χ0n) is 19.3. The normalized spacial score (nSPS) is 24.4. The highest BCUT2D eigenvalue weighted by atomic mass is 16.2. The van der Waals surface area contributed by atoms with Crippen LogP contribution < -0.4 is 10.6 Å². The number of carbonyl (C=O) groups excluding carboxylic acids is 5. The van der Waals surface area contributed by atoms with E-state index in [1.165, 1.54) is 0 Å². The van der Waals surface area contributed by atoms with Crippen molar-refractivity contribution >= 4 is 29.7 Å². The third kappa shape index (κ3) is 4.05. The summed E-state index contributed by atoms with van der Waals surface area (Å²) in [5.74, 6) is -1.31. The summed E-state index contributed by atoms with van der Waals surface area (Å²) in [6, 6.07) is 4.35. The number of hydrogen-bond donors (Lipinski definition) is 2. The van der Waals surface area contributed by atoms with Gasteiger partial charge in [0.1, 0.15) is 12.1 Å². The maximum Gasteiger partial charge on any atom is 0.325 e. The highest BCUT2D eigenvalue weighted by Gasteiger charge is 2.45. The van der Waals surface area contributed by atoms with Crippen LogP contribution in [0.25, 0.3) is 0 Å². The summed E-state index contributed by atoms with van der Waals surface area (Å²) in [5.41, 5.74) is 0.542. The number of hydrogen-bond acceptors (Lipinski definition) is 5. The molecule has 2 saturated heterocycles. The first-order chi connectivity index (χ1) is 15.5. The van der Waals surface area contributed by atoms with E-state index in [0.717, 1.165) is 10.5 Å². The van der Waals surface area contributed by atoms with Gasteiger partial charge >= 0.3 is 6.03 Å². The van der Waals surface area contributed by atoms with Gasteiger partial charge in [0.2, 0.25) is 5.91 Å². The van der Waals surface area contributed by atoms with Crippen LogP contribution in [0.2, 0.25) is 0 Å². The molecule has 2 atom stereocenters. The zero-order chi connectivity index (χ0) is 24.1. The third-order valence-electron chi connectivity index (χ3n) is 6.45. The van der Waals surface area contributed by atoms with Crippen molar-refractivity contribution in [1.82, 2.24) is 25.3 Å². The lowest BCUT2D eigenvalue weighted by atomic mass is 10.0. The Morgan fingerprint density at radius 3 is 2.48 bits per heavy atom. The smallest absolute Gasteiger partial charge is 0.325 e. The molecule has 6 amide bonds. The second-order valence-corrected chi connectivity index (χ2v) is 9.68. The fourth-order valence-electron chi connectivity index (χ4n) is 4.77. The number of rotatable bonds is 3. The van der Waals surface area contributed by atoms with Gasteiger partial charge < -0.3 is 20.4 Å². The molecule has 3 aliphatic rings. The second-order valence-electron chi connectivity index (χ2n) is 9.68. The summed E-state index contributed by atoms with van der Waals surface area (Å²) >= 11 is 0. The highest BCUT2D eigenvalue weighted by molar-refractivity contribution is 6.10. The molecule has 0 radical (unpaired) electrons. The van der Waals surface area contributed by atoms with Crippen molar-refractivity contribution < 1.29 is 24.0 Å². The molecular formula is C23H29N5O5. The molecule has 1 aromatic rings. The molecule has 0 spiro atoms. The Morgan fingerprint density at radius 2 is 1.82 bits per heavy atom. The molecule has 2 unspecified atom stereocenters. The van der Waals surface area contributed by atoms with Crippen molar-refractivity contribution in [1.29, 1.82) is 0 Å². The van der Waals surface area contributed by atoms with E-state index < -0.39 is 17.5 Å². The summed E-state index contributed by atoms with van der Waals surface area (Å²) in [6.07, 6.45) is 0. The minimum Gasteiger partial charge on any atom is -0.348 e. The molecular weight excluding hydrogens is 426 g/mol. The van der Waals surface area contributed by atoms with Crippen molar-refractivity contribution in [3.8, 4) is 0 Å². The number of urea groups is 1. The van der Waals surface area contributed by atoms with E-state index >= 15 is 0 Å². The Bertz CT molecular complexity index is 1050. The maximum atomic E-state index is 13.4. The van der Waals surface area contributed by atoms with E-state index in [0.29, 0.717) is 30.8 Å². The van der Waals surface area contributed by atoms with Crippen LogP contribution in [-0.2, 0) is 16.1 Å². The second kappa shape index (κ2) is 8.17. The summed E-state index contributed by atoms with van der Waals surface area (Å²) in [4.78, 5) is 67.7. The van der Waals surface area contributed by atoms with E-state index in [1.54, 1.807) is 35.8 Å². The van der Waals surface area contributed by atoms with E-state index in [2.05, 4.69) is 10.6 Å². The SMILES string of the molecule is CC1CN(C(=O)c2cccc3c2C(=O)NC3)CC(C)N(C(=O)CN2C(=O)NC(C)(C)C2=O)C1. The largest absolute Gasteiger partial charge is 0.348 e. The lowest BCUT2D eigenvalue weighted by Gasteiger charge is -2.30. The first kappa shape index (κ1) is 22.8. The van der Waals surface area contributed by atoms with E-state index in [-0.39, 0.29) is 42.8 Å². The first-order valence-electron chi connectivity index (χ1n) is 11.1. The van der Waals surface area contributed by atoms with Crippen LogP contribution in [0.5, 0.6) is 0 Å². The zero-order valence-corrected chi connectivity index (χ0v) is 19.3. The fourth-order valence-corrected chi connectivity index (χ4v) is 4.77. The van der Waals surface area contributed by atoms with Crippen LogP contribution in [0.4, 0.5) is 4.79 Å². The van der Waals surface area contributed by atoms with Crippen molar-refractivity contribution in [2.45, 2.75) is 45.8 Å². The molecule has 0 aromatic heterocycles. The highest BCUT2D eigenvalue weighted by Crippen LogP contribution is 2.24. The third-order valence-corrected chi connectivity index (χ3v) is 6.45. The van der Waals surface area contributed by atoms with Gasteiger partial charge in [-0.05, 0) is 38.3 Å². The molecule has 10 nitrogen and oxygen atoms in total. The Kier molecular flexibility index (Phi) is 5.63. The Hall–Kier alpha value is -3.43. The van der Waals surface area contributed by atoms with Crippen molar-refractivity contribution in [3.63, 3.8) is 0 Å². The predicted molar refractivity (Wildman–Crippen MR) is 118 cm³/mol. The summed E-state index contributed by atoms with van der Waals surface area (Å²) in [7, 11) is 0. The number of nitrogens with zero attached hydrogens (tertiary/aromatic N) is 3. The average Bonchev–Trinajstić information content (AvgIpc) is 3.16. The minimum atomic E-state index is -1.04. The van der Waals surface area contributed by atoms with E-state index in [4.69, 9.17) is 0 Å². The van der Waals surface area contributed by atoms with Gasteiger partial charge in [-0.2, -0.15) is 0 Å². The fraction of sp³-hybridized carbons (Fsp3) is 0.522. The van der Waals surface area contributed by atoms with E-state index in [9.17, 15) is 24.0 Å². The number of carbonyl (C=O) groups is 5. The molecule has 3 heterocycles. The summed E-state index contributed by atoms with van der Waals surface area (Å²) < 4.78 is 0. The lowest BCUT2D eigenvalue weighted by molar-refractivity contribution is -0.139. The summed E-state index contributed by atoms with van der Waals surface area (Å²) in [6.45, 7) is 8.14. The van der Waals surface area contributed by atoms with Gasteiger partial charge in [-0.3, -0.25) is 24.1 Å². The van der Waals surface area contributed by atoms with Gasteiger partial charge in [0.05, 0.1) is 11.1 Å². The number of nitrogens with one attached hydrogen (secondary N) is 2. The Labute approximate surface area is 192 Å². The number of fused-ring (bicyclic) bond motifs is 1. The molecule has 0 saturated carbocycles.